The van der Waals surface area contributed by atoms with Gasteiger partial charge in [0.05, 0.1) is 0 Å². The van der Waals surface area contributed by atoms with E-state index in [1.807, 2.05) is 13.8 Å². The summed E-state index contributed by atoms with van der Waals surface area (Å²) in [5.74, 6) is -0.777. The van der Waals surface area contributed by atoms with Gasteiger partial charge in [0, 0.05) is 6.42 Å². The fraction of sp³-hybridized carbons (Fsp3) is 0.818. The van der Waals surface area contributed by atoms with Crippen molar-refractivity contribution in [2.45, 2.75) is 32.7 Å². The molecule has 3 N–H and O–H groups in total. The second-order valence-corrected chi connectivity index (χ2v) is 4.50. The van der Waals surface area contributed by atoms with Gasteiger partial charge < -0.3 is 15.7 Å². The van der Waals surface area contributed by atoms with Crippen molar-refractivity contribution >= 4 is 11.9 Å². The van der Waals surface area contributed by atoms with Crippen LogP contribution in [0.3, 0.4) is 0 Å². The van der Waals surface area contributed by atoms with Crippen LogP contribution in [0.25, 0.3) is 0 Å². The highest BCUT2D eigenvalue weighted by atomic mass is 16.4. The topological polar surface area (TPSA) is 78.4 Å². The van der Waals surface area contributed by atoms with Gasteiger partial charge in [0.2, 0.25) is 5.91 Å². The summed E-state index contributed by atoms with van der Waals surface area (Å²) >= 11 is 0. The first kappa shape index (κ1) is 13.0. The van der Waals surface area contributed by atoms with Crippen molar-refractivity contribution in [2.24, 2.45) is 11.8 Å². The summed E-state index contributed by atoms with van der Waals surface area (Å²) in [6.45, 7) is 5.47. The minimum atomic E-state index is -0.950. The highest BCUT2D eigenvalue weighted by molar-refractivity contribution is 5.83. The number of rotatable bonds is 6. The van der Waals surface area contributed by atoms with E-state index in [2.05, 4.69) is 10.6 Å². The Kier molecular flexibility index (Phi) is 4.73. The Hall–Kier alpha value is -1.10. The molecule has 0 aliphatic carbocycles. The summed E-state index contributed by atoms with van der Waals surface area (Å²) in [5.41, 5.74) is 0. The average molecular weight is 228 g/mol. The first-order valence-corrected chi connectivity index (χ1v) is 5.77. The SMILES string of the molecule is CC[C@H](C)[C@H](NC(=O)CC1CNC1)C(=O)O. The van der Waals surface area contributed by atoms with E-state index < -0.39 is 12.0 Å². The predicted molar refractivity (Wildman–Crippen MR) is 60.0 cm³/mol. The van der Waals surface area contributed by atoms with Crippen LogP contribution in [0.4, 0.5) is 0 Å². The van der Waals surface area contributed by atoms with Crippen LogP contribution < -0.4 is 10.6 Å². The van der Waals surface area contributed by atoms with E-state index >= 15 is 0 Å². The van der Waals surface area contributed by atoms with Crippen LogP contribution in [0.5, 0.6) is 0 Å². The van der Waals surface area contributed by atoms with E-state index in [0.717, 1.165) is 19.5 Å². The van der Waals surface area contributed by atoms with Crippen molar-refractivity contribution in [1.29, 1.82) is 0 Å². The van der Waals surface area contributed by atoms with E-state index in [1.54, 1.807) is 0 Å². The molecule has 1 aliphatic heterocycles. The maximum absolute atomic E-state index is 11.6. The lowest BCUT2D eigenvalue weighted by Crippen LogP contribution is -2.49. The number of hydrogen-bond acceptors (Lipinski definition) is 3. The standard InChI is InChI=1S/C11H20N2O3/c1-3-7(2)10(11(15)16)13-9(14)4-8-5-12-6-8/h7-8,10,12H,3-6H2,1-2H3,(H,13,14)(H,15,16)/t7-,10-/m0/s1. The highest BCUT2D eigenvalue weighted by Gasteiger charge is 2.27. The third kappa shape index (κ3) is 3.48. The lowest BCUT2D eigenvalue weighted by molar-refractivity contribution is -0.143. The summed E-state index contributed by atoms with van der Waals surface area (Å²) in [7, 11) is 0. The molecule has 0 aromatic carbocycles. The van der Waals surface area contributed by atoms with Gasteiger partial charge >= 0.3 is 5.97 Å². The molecule has 0 unspecified atom stereocenters. The zero-order valence-electron chi connectivity index (χ0n) is 9.82. The van der Waals surface area contributed by atoms with E-state index in [4.69, 9.17) is 5.11 Å². The Labute approximate surface area is 95.6 Å². The number of carboxylic acid groups (broad SMARTS) is 1. The van der Waals surface area contributed by atoms with Crippen LogP contribution in [0.1, 0.15) is 26.7 Å². The third-order valence-corrected chi connectivity index (χ3v) is 3.14. The van der Waals surface area contributed by atoms with E-state index in [-0.39, 0.29) is 11.8 Å². The van der Waals surface area contributed by atoms with Crippen molar-refractivity contribution in [3.8, 4) is 0 Å². The van der Waals surface area contributed by atoms with Crippen LogP contribution >= 0.6 is 0 Å². The quantitative estimate of drug-likeness (QED) is 0.607. The number of carboxylic acids is 1. The van der Waals surface area contributed by atoms with E-state index in [0.29, 0.717) is 12.3 Å². The number of nitrogens with one attached hydrogen (secondary N) is 2. The molecule has 1 rings (SSSR count). The van der Waals surface area contributed by atoms with Gasteiger partial charge in [-0.2, -0.15) is 0 Å². The van der Waals surface area contributed by atoms with Crippen LogP contribution in [-0.2, 0) is 9.59 Å². The first-order chi connectivity index (χ1) is 7.54. The van der Waals surface area contributed by atoms with Crippen LogP contribution in [0.2, 0.25) is 0 Å². The minimum Gasteiger partial charge on any atom is -0.480 e. The lowest BCUT2D eigenvalue weighted by atomic mass is 9.96. The van der Waals surface area contributed by atoms with Crippen LogP contribution in [0.15, 0.2) is 0 Å². The van der Waals surface area contributed by atoms with Gasteiger partial charge in [-0.15, -0.1) is 0 Å². The Morgan fingerprint density at radius 2 is 2.12 bits per heavy atom. The van der Waals surface area contributed by atoms with Crippen molar-refractivity contribution in [1.82, 2.24) is 10.6 Å². The van der Waals surface area contributed by atoms with E-state index in [9.17, 15) is 9.59 Å². The summed E-state index contributed by atoms with van der Waals surface area (Å²) < 4.78 is 0. The summed E-state index contributed by atoms with van der Waals surface area (Å²) in [4.78, 5) is 22.6. The molecule has 92 valence electrons. The predicted octanol–water partition coefficient (Wildman–Crippen LogP) is 0.211. The van der Waals surface area contributed by atoms with Crippen LogP contribution in [-0.4, -0.2) is 36.1 Å². The van der Waals surface area contributed by atoms with Crippen molar-refractivity contribution in [3.63, 3.8) is 0 Å². The third-order valence-electron chi connectivity index (χ3n) is 3.14. The molecule has 0 bridgehead atoms. The number of amides is 1. The summed E-state index contributed by atoms with van der Waals surface area (Å²) in [5, 5.41) is 14.7. The van der Waals surface area contributed by atoms with Crippen molar-refractivity contribution < 1.29 is 14.7 Å². The van der Waals surface area contributed by atoms with Gasteiger partial charge in [-0.1, -0.05) is 20.3 Å². The summed E-state index contributed by atoms with van der Waals surface area (Å²) in [6, 6.07) is -0.759. The maximum Gasteiger partial charge on any atom is 0.326 e. The smallest absolute Gasteiger partial charge is 0.326 e. The number of hydrogen-bond donors (Lipinski definition) is 3. The largest absolute Gasteiger partial charge is 0.480 e. The molecule has 2 atom stereocenters. The molecule has 0 aromatic rings. The average Bonchev–Trinajstić information content (AvgIpc) is 2.18. The molecule has 1 amide bonds. The van der Waals surface area contributed by atoms with Gasteiger partial charge in [0.1, 0.15) is 6.04 Å². The Morgan fingerprint density at radius 1 is 1.50 bits per heavy atom. The highest BCUT2D eigenvalue weighted by Crippen LogP contribution is 2.11. The van der Waals surface area contributed by atoms with Gasteiger partial charge in [-0.05, 0) is 24.9 Å². The number of carbonyl (C=O) groups excluding carboxylic acids is 1. The number of carbonyl (C=O) groups is 2. The molecule has 16 heavy (non-hydrogen) atoms. The van der Waals surface area contributed by atoms with Crippen molar-refractivity contribution in [2.75, 3.05) is 13.1 Å². The Bertz CT molecular complexity index is 264. The van der Waals surface area contributed by atoms with Gasteiger partial charge in [-0.3, -0.25) is 4.79 Å². The van der Waals surface area contributed by atoms with Gasteiger partial charge in [-0.25, -0.2) is 4.79 Å². The van der Waals surface area contributed by atoms with Crippen molar-refractivity contribution in [3.05, 3.63) is 0 Å². The molecule has 1 fully saturated rings. The molecule has 0 radical (unpaired) electrons. The van der Waals surface area contributed by atoms with Crippen LogP contribution in [0, 0.1) is 11.8 Å². The lowest BCUT2D eigenvalue weighted by Gasteiger charge is -2.27. The molecule has 0 saturated carbocycles. The van der Waals surface area contributed by atoms with Gasteiger partial charge in [0.15, 0.2) is 0 Å². The first-order valence-electron chi connectivity index (χ1n) is 5.77. The fourth-order valence-electron chi connectivity index (χ4n) is 1.67. The molecular formula is C11H20N2O3. The zero-order chi connectivity index (χ0) is 12.1. The zero-order valence-corrected chi connectivity index (χ0v) is 9.82. The fourth-order valence-corrected chi connectivity index (χ4v) is 1.67. The maximum atomic E-state index is 11.6. The second kappa shape index (κ2) is 5.84. The minimum absolute atomic E-state index is 0.0408. The summed E-state index contributed by atoms with van der Waals surface area (Å²) in [6.07, 6.45) is 1.16. The van der Waals surface area contributed by atoms with Gasteiger partial charge in [0.25, 0.3) is 0 Å². The molecule has 5 heteroatoms. The Balaban J connectivity index is 2.40. The number of aliphatic carboxylic acids is 1. The monoisotopic (exact) mass is 228 g/mol. The molecule has 1 heterocycles. The molecule has 1 saturated heterocycles. The Morgan fingerprint density at radius 3 is 2.50 bits per heavy atom. The van der Waals surface area contributed by atoms with E-state index in [1.165, 1.54) is 0 Å². The molecule has 1 aliphatic rings. The molecule has 5 nitrogen and oxygen atoms in total. The molecule has 0 aromatic heterocycles. The molecular weight excluding hydrogens is 208 g/mol. The normalized spacial score (nSPS) is 19.6. The second-order valence-electron chi connectivity index (χ2n) is 4.50. The molecule has 0 spiro atoms.